The minimum Gasteiger partial charge on any atom is -0.351 e. The van der Waals surface area contributed by atoms with Gasteiger partial charge < -0.3 is 5.32 Å². The van der Waals surface area contributed by atoms with Crippen LogP contribution in [0.5, 0.6) is 0 Å². The Bertz CT molecular complexity index is 206. The Hall–Kier alpha value is -0.670. The molecule has 0 bridgehead atoms. The molecule has 0 aromatic carbocycles. The third kappa shape index (κ3) is 2.94. The number of amides is 1. The van der Waals surface area contributed by atoms with Crippen LogP contribution in [0.1, 0.15) is 39.5 Å². The van der Waals surface area contributed by atoms with E-state index in [0.29, 0.717) is 12.8 Å². The number of nitrogens with one attached hydrogen (secondary N) is 1. The van der Waals surface area contributed by atoms with Gasteiger partial charge in [-0.3, -0.25) is 4.79 Å². The molecule has 0 aromatic rings. The molecule has 0 unspecified atom stereocenters. The number of alkyl halides is 2. The van der Waals surface area contributed by atoms with Gasteiger partial charge in [-0.25, -0.2) is 8.78 Å². The first-order valence-electron chi connectivity index (χ1n) is 4.50. The van der Waals surface area contributed by atoms with Crippen LogP contribution in [0.4, 0.5) is 8.78 Å². The van der Waals surface area contributed by atoms with Gasteiger partial charge in [-0.15, -0.1) is 0 Å². The molecule has 0 atom stereocenters. The monoisotopic (exact) mass is 191 g/mol. The molecule has 1 aliphatic rings. The van der Waals surface area contributed by atoms with Crippen LogP contribution in [-0.2, 0) is 4.79 Å². The molecule has 76 valence electrons. The molecule has 0 radical (unpaired) electrons. The van der Waals surface area contributed by atoms with Crippen molar-refractivity contribution in [2.45, 2.75) is 51.0 Å². The van der Waals surface area contributed by atoms with Crippen LogP contribution in [0.3, 0.4) is 0 Å². The van der Waals surface area contributed by atoms with E-state index in [0.717, 1.165) is 0 Å². The molecule has 0 spiro atoms. The van der Waals surface area contributed by atoms with Crippen molar-refractivity contribution in [3.63, 3.8) is 0 Å². The zero-order valence-corrected chi connectivity index (χ0v) is 7.99. The Labute approximate surface area is 76.7 Å². The van der Waals surface area contributed by atoms with Gasteiger partial charge >= 0.3 is 0 Å². The normalized spacial score (nSPS) is 25.2. The predicted octanol–water partition coefficient (Wildman–Crippen LogP) is 2.09. The standard InChI is InChI=1S/C9H15F2NO/c1-7(13)12-8(2)3-5-9(10,11)6-4-8/h3-6H2,1-2H3,(H,12,13). The molecule has 0 heterocycles. The van der Waals surface area contributed by atoms with E-state index in [1.165, 1.54) is 6.92 Å². The fourth-order valence-electron chi connectivity index (χ4n) is 1.72. The molecule has 1 fully saturated rings. The summed E-state index contributed by atoms with van der Waals surface area (Å²) in [5.41, 5.74) is -0.423. The molecular formula is C9H15F2NO. The Morgan fingerprint density at radius 2 is 1.69 bits per heavy atom. The molecule has 0 aromatic heterocycles. The topological polar surface area (TPSA) is 29.1 Å². The second-order valence-electron chi connectivity index (χ2n) is 4.10. The molecule has 2 nitrogen and oxygen atoms in total. The van der Waals surface area contributed by atoms with E-state index in [2.05, 4.69) is 5.32 Å². The first kappa shape index (κ1) is 10.4. The maximum absolute atomic E-state index is 12.8. The molecule has 1 saturated carbocycles. The van der Waals surface area contributed by atoms with E-state index in [1.807, 2.05) is 6.92 Å². The van der Waals surface area contributed by atoms with Gasteiger partial charge in [0.05, 0.1) is 0 Å². The van der Waals surface area contributed by atoms with Crippen molar-refractivity contribution in [1.29, 1.82) is 0 Å². The van der Waals surface area contributed by atoms with Crippen molar-refractivity contribution >= 4 is 5.91 Å². The van der Waals surface area contributed by atoms with Crippen LogP contribution >= 0.6 is 0 Å². The lowest BCUT2D eigenvalue weighted by molar-refractivity contribution is -0.122. The summed E-state index contributed by atoms with van der Waals surface area (Å²) in [4.78, 5) is 10.8. The number of hydrogen-bond donors (Lipinski definition) is 1. The van der Waals surface area contributed by atoms with Gasteiger partial charge in [-0.2, -0.15) is 0 Å². The lowest BCUT2D eigenvalue weighted by Gasteiger charge is -2.37. The fraction of sp³-hybridized carbons (Fsp3) is 0.889. The first-order chi connectivity index (χ1) is 5.83. The van der Waals surface area contributed by atoms with Gasteiger partial charge in [0.2, 0.25) is 11.8 Å². The van der Waals surface area contributed by atoms with Crippen LogP contribution in [0, 0.1) is 0 Å². The van der Waals surface area contributed by atoms with E-state index in [1.54, 1.807) is 0 Å². The van der Waals surface area contributed by atoms with Crippen molar-refractivity contribution < 1.29 is 13.6 Å². The highest BCUT2D eigenvalue weighted by Gasteiger charge is 2.40. The van der Waals surface area contributed by atoms with E-state index in [9.17, 15) is 13.6 Å². The quantitative estimate of drug-likeness (QED) is 0.675. The lowest BCUT2D eigenvalue weighted by atomic mass is 9.81. The molecule has 0 saturated heterocycles. The average molecular weight is 191 g/mol. The van der Waals surface area contributed by atoms with Crippen molar-refractivity contribution in [1.82, 2.24) is 5.32 Å². The van der Waals surface area contributed by atoms with Crippen LogP contribution in [-0.4, -0.2) is 17.4 Å². The van der Waals surface area contributed by atoms with E-state index < -0.39 is 11.5 Å². The van der Waals surface area contributed by atoms with Gasteiger partial charge in [0.1, 0.15) is 0 Å². The van der Waals surface area contributed by atoms with Crippen LogP contribution < -0.4 is 5.32 Å². The zero-order valence-electron chi connectivity index (χ0n) is 7.99. The highest BCUT2D eigenvalue weighted by Crippen LogP contribution is 2.38. The third-order valence-corrected chi connectivity index (χ3v) is 2.56. The summed E-state index contributed by atoms with van der Waals surface area (Å²) < 4.78 is 25.5. The smallest absolute Gasteiger partial charge is 0.248 e. The molecule has 1 amide bonds. The molecule has 1 rings (SSSR count). The Balaban J connectivity index is 2.51. The number of hydrogen-bond acceptors (Lipinski definition) is 1. The van der Waals surface area contributed by atoms with Crippen LogP contribution in [0.25, 0.3) is 0 Å². The van der Waals surface area contributed by atoms with E-state index in [4.69, 9.17) is 0 Å². The summed E-state index contributed by atoms with van der Waals surface area (Å²) in [6.07, 6.45) is 0.479. The maximum atomic E-state index is 12.8. The lowest BCUT2D eigenvalue weighted by Crippen LogP contribution is -2.49. The highest BCUT2D eigenvalue weighted by molar-refractivity contribution is 5.73. The summed E-state index contributed by atoms with van der Waals surface area (Å²) >= 11 is 0. The molecule has 1 aliphatic carbocycles. The molecule has 13 heavy (non-hydrogen) atoms. The Morgan fingerprint density at radius 3 is 2.08 bits per heavy atom. The first-order valence-corrected chi connectivity index (χ1v) is 4.50. The van der Waals surface area contributed by atoms with E-state index >= 15 is 0 Å². The number of carbonyl (C=O) groups excluding carboxylic acids is 1. The molecular weight excluding hydrogens is 176 g/mol. The summed E-state index contributed by atoms with van der Waals surface area (Å²) in [6.45, 7) is 3.24. The van der Waals surface area contributed by atoms with Crippen LogP contribution in [0.15, 0.2) is 0 Å². The van der Waals surface area contributed by atoms with E-state index in [-0.39, 0.29) is 18.7 Å². The minimum absolute atomic E-state index is 0.121. The van der Waals surface area contributed by atoms with Gasteiger partial charge in [0, 0.05) is 25.3 Å². The Kier molecular flexibility index (Phi) is 2.59. The van der Waals surface area contributed by atoms with Crippen molar-refractivity contribution in [2.75, 3.05) is 0 Å². The predicted molar refractivity (Wildman–Crippen MR) is 45.6 cm³/mol. The molecule has 4 heteroatoms. The number of rotatable bonds is 1. The van der Waals surface area contributed by atoms with Crippen molar-refractivity contribution in [2.24, 2.45) is 0 Å². The van der Waals surface area contributed by atoms with Gasteiger partial charge in [-0.1, -0.05) is 0 Å². The summed E-state index contributed by atoms with van der Waals surface area (Å²) in [5.74, 6) is -2.68. The molecule has 0 aliphatic heterocycles. The maximum Gasteiger partial charge on any atom is 0.248 e. The summed E-state index contributed by atoms with van der Waals surface area (Å²) in [6, 6.07) is 0. The molecule has 1 N–H and O–H groups in total. The van der Waals surface area contributed by atoms with Crippen molar-refractivity contribution in [3.8, 4) is 0 Å². The second-order valence-corrected chi connectivity index (χ2v) is 4.10. The minimum atomic E-state index is -2.53. The summed E-state index contributed by atoms with van der Waals surface area (Å²) in [5, 5.41) is 2.72. The SMILES string of the molecule is CC(=O)NC1(C)CCC(F)(F)CC1. The third-order valence-electron chi connectivity index (χ3n) is 2.56. The fourth-order valence-corrected chi connectivity index (χ4v) is 1.72. The van der Waals surface area contributed by atoms with Gasteiger partial charge in [0.25, 0.3) is 0 Å². The second kappa shape index (κ2) is 3.24. The largest absolute Gasteiger partial charge is 0.351 e. The summed E-state index contributed by atoms with van der Waals surface area (Å²) in [7, 11) is 0. The zero-order chi connectivity index (χ0) is 10.1. The number of halogens is 2. The van der Waals surface area contributed by atoms with Crippen LogP contribution in [0.2, 0.25) is 0 Å². The number of carbonyl (C=O) groups is 1. The van der Waals surface area contributed by atoms with Gasteiger partial charge in [0.15, 0.2) is 0 Å². The highest BCUT2D eigenvalue weighted by atomic mass is 19.3. The Morgan fingerprint density at radius 1 is 1.23 bits per heavy atom. The van der Waals surface area contributed by atoms with Gasteiger partial charge in [-0.05, 0) is 19.8 Å². The van der Waals surface area contributed by atoms with Crippen molar-refractivity contribution in [3.05, 3.63) is 0 Å². The average Bonchev–Trinajstić information content (AvgIpc) is 1.95.